The van der Waals surface area contributed by atoms with Gasteiger partial charge in [-0.15, -0.1) is 0 Å². The Balaban J connectivity index is 2.29. The van der Waals surface area contributed by atoms with Crippen LogP contribution in [0.25, 0.3) is 0 Å². The average molecular weight is 252 g/mol. The van der Waals surface area contributed by atoms with Crippen LogP contribution >= 0.6 is 0 Å². The van der Waals surface area contributed by atoms with E-state index in [1.54, 1.807) is 0 Å². The minimum atomic E-state index is 0.605. The van der Waals surface area contributed by atoms with Gasteiger partial charge in [-0.25, -0.2) is 0 Å². The molecule has 1 aliphatic rings. The summed E-state index contributed by atoms with van der Waals surface area (Å²) in [7, 11) is 0. The molecule has 1 aliphatic carbocycles. The molecule has 1 aromatic rings. The molecule has 0 bridgehead atoms. The van der Waals surface area contributed by atoms with Crippen molar-refractivity contribution in [2.24, 2.45) is 0 Å². The molecular formula is C9H11NSn. The van der Waals surface area contributed by atoms with Crippen molar-refractivity contribution >= 4 is 22.5 Å². The molecule has 11 heavy (non-hydrogen) atoms. The fourth-order valence-electron chi connectivity index (χ4n) is 1.53. The first-order chi connectivity index (χ1) is 5.31. The van der Waals surface area contributed by atoms with E-state index in [1.807, 2.05) is 12.4 Å². The fourth-order valence-corrected chi connectivity index (χ4v) is 3.24. The van der Waals surface area contributed by atoms with Gasteiger partial charge in [-0.05, 0) is 0 Å². The van der Waals surface area contributed by atoms with E-state index in [2.05, 4.69) is 17.1 Å². The van der Waals surface area contributed by atoms with Gasteiger partial charge >= 0.3 is 80.3 Å². The van der Waals surface area contributed by atoms with Gasteiger partial charge in [0.15, 0.2) is 0 Å². The van der Waals surface area contributed by atoms with Gasteiger partial charge in [0, 0.05) is 0 Å². The van der Waals surface area contributed by atoms with Crippen LogP contribution in [-0.2, 0) is 3.43 Å². The summed E-state index contributed by atoms with van der Waals surface area (Å²) in [5.74, 6) is 0. The predicted octanol–water partition coefficient (Wildman–Crippen LogP) is 1.36. The molecule has 0 atom stereocenters. The molecule has 1 fully saturated rings. The molecule has 0 aliphatic heterocycles. The van der Waals surface area contributed by atoms with Crippen molar-refractivity contribution < 1.29 is 0 Å². The van der Waals surface area contributed by atoms with Crippen LogP contribution in [-0.4, -0.2) is 27.5 Å². The monoisotopic (exact) mass is 253 g/mol. The Labute approximate surface area is 80.3 Å². The van der Waals surface area contributed by atoms with Crippen molar-refractivity contribution in [3.63, 3.8) is 0 Å². The number of pyridine rings is 1. The van der Waals surface area contributed by atoms with Gasteiger partial charge in [0.2, 0.25) is 0 Å². The summed E-state index contributed by atoms with van der Waals surface area (Å²) in [6.45, 7) is 0. The van der Waals surface area contributed by atoms with Gasteiger partial charge in [0.05, 0.1) is 0 Å². The van der Waals surface area contributed by atoms with Gasteiger partial charge in [-0.2, -0.15) is 0 Å². The van der Waals surface area contributed by atoms with E-state index in [-0.39, 0.29) is 0 Å². The third-order valence-corrected chi connectivity index (χ3v) is 5.10. The second-order valence-corrected chi connectivity index (χ2v) is 6.40. The Morgan fingerprint density at radius 3 is 2.36 bits per heavy atom. The Morgan fingerprint density at radius 2 is 1.91 bits per heavy atom. The van der Waals surface area contributed by atoms with E-state index in [0.29, 0.717) is 3.43 Å². The SMILES string of the molecule is [SnH][C]1(c2ccncc2)CCC1. The molecule has 1 nitrogen and oxygen atoms in total. The number of hydrogen-bond acceptors (Lipinski definition) is 1. The summed E-state index contributed by atoms with van der Waals surface area (Å²) in [6, 6.07) is 4.34. The first-order valence-corrected chi connectivity index (χ1v) is 5.65. The third-order valence-electron chi connectivity index (χ3n) is 2.50. The molecule has 0 unspecified atom stereocenters. The van der Waals surface area contributed by atoms with Gasteiger partial charge in [0.1, 0.15) is 0 Å². The Hall–Kier alpha value is -0.0513. The zero-order chi connectivity index (χ0) is 7.73. The Morgan fingerprint density at radius 1 is 1.27 bits per heavy atom. The van der Waals surface area contributed by atoms with Gasteiger partial charge in [-0.1, -0.05) is 0 Å². The molecule has 2 radical (unpaired) electrons. The van der Waals surface area contributed by atoms with Crippen molar-refractivity contribution in [2.45, 2.75) is 22.7 Å². The maximum atomic E-state index is 4.03. The normalized spacial score (nSPS) is 20.8. The molecule has 0 spiro atoms. The topological polar surface area (TPSA) is 12.9 Å². The molecule has 2 rings (SSSR count). The van der Waals surface area contributed by atoms with Crippen LogP contribution in [0.2, 0.25) is 0 Å². The van der Waals surface area contributed by atoms with E-state index in [0.717, 1.165) is 0 Å². The summed E-state index contributed by atoms with van der Waals surface area (Å²) in [6.07, 6.45) is 8.04. The summed E-state index contributed by atoms with van der Waals surface area (Å²) in [4.78, 5) is 4.03. The molecule has 1 saturated carbocycles. The van der Waals surface area contributed by atoms with Crippen molar-refractivity contribution in [1.82, 2.24) is 4.98 Å². The second-order valence-electron chi connectivity index (χ2n) is 3.25. The minimum absolute atomic E-state index is 0.605. The zero-order valence-corrected chi connectivity index (χ0v) is 9.75. The standard InChI is InChI=1S/C9H10N.Sn.H/c1-2-8(3-1)9-4-6-10-7-5-9;;/h4-7H,1-3H2;;. The predicted molar refractivity (Wildman–Crippen MR) is 46.9 cm³/mol. The van der Waals surface area contributed by atoms with Crippen molar-refractivity contribution in [2.75, 3.05) is 0 Å². The van der Waals surface area contributed by atoms with E-state index in [1.165, 1.54) is 47.4 Å². The number of rotatable bonds is 1. The maximum absolute atomic E-state index is 4.03. The van der Waals surface area contributed by atoms with Gasteiger partial charge in [-0.3, -0.25) is 0 Å². The van der Waals surface area contributed by atoms with E-state index < -0.39 is 0 Å². The van der Waals surface area contributed by atoms with Crippen LogP contribution in [0.4, 0.5) is 0 Å². The number of nitrogens with zero attached hydrogens (tertiary/aromatic N) is 1. The van der Waals surface area contributed by atoms with E-state index in [9.17, 15) is 0 Å². The number of aromatic nitrogens is 1. The van der Waals surface area contributed by atoms with Crippen LogP contribution in [0.1, 0.15) is 24.8 Å². The Bertz CT molecular complexity index is 241. The van der Waals surface area contributed by atoms with E-state index >= 15 is 0 Å². The van der Waals surface area contributed by atoms with Crippen molar-refractivity contribution in [3.8, 4) is 0 Å². The Kier molecular flexibility index (Phi) is 1.91. The van der Waals surface area contributed by atoms with Crippen LogP contribution in [0.5, 0.6) is 0 Å². The average Bonchev–Trinajstić information content (AvgIpc) is 2.02. The van der Waals surface area contributed by atoms with E-state index in [4.69, 9.17) is 0 Å². The van der Waals surface area contributed by atoms with Crippen LogP contribution in [0.3, 0.4) is 0 Å². The molecule has 0 saturated heterocycles. The fraction of sp³-hybridized carbons (Fsp3) is 0.444. The molecule has 2 heteroatoms. The third kappa shape index (κ3) is 1.30. The van der Waals surface area contributed by atoms with Crippen LogP contribution < -0.4 is 0 Å². The summed E-state index contributed by atoms with van der Waals surface area (Å²) >= 11 is 1.36. The number of hydrogen-bond donors (Lipinski definition) is 0. The van der Waals surface area contributed by atoms with Crippen LogP contribution in [0.15, 0.2) is 24.5 Å². The van der Waals surface area contributed by atoms with Gasteiger partial charge in [0.25, 0.3) is 0 Å². The van der Waals surface area contributed by atoms with Crippen molar-refractivity contribution in [1.29, 1.82) is 0 Å². The molecule has 0 N–H and O–H groups in total. The first kappa shape index (κ1) is 7.59. The van der Waals surface area contributed by atoms with Crippen molar-refractivity contribution in [3.05, 3.63) is 30.1 Å². The van der Waals surface area contributed by atoms with Crippen LogP contribution in [0, 0.1) is 0 Å². The summed E-state index contributed by atoms with van der Waals surface area (Å²) < 4.78 is 0.605. The van der Waals surface area contributed by atoms with Gasteiger partial charge < -0.3 is 0 Å². The quantitative estimate of drug-likeness (QED) is 0.687. The second kappa shape index (κ2) is 2.77. The summed E-state index contributed by atoms with van der Waals surface area (Å²) in [5.41, 5.74) is 1.51. The molecule has 1 heterocycles. The summed E-state index contributed by atoms with van der Waals surface area (Å²) in [5, 5.41) is 0. The molecule has 0 amide bonds. The molecule has 1 aromatic heterocycles. The molecular weight excluding hydrogens is 241 g/mol. The zero-order valence-electron chi connectivity index (χ0n) is 6.46. The molecule has 0 aromatic carbocycles. The molecule has 56 valence electrons. The first-order valence-electron chi connectivity index (χ1n) is 4.01.